The molecule has 0 radical (unpaired) electrons. The highest BCUT2D eigenvalue weighted by molar-refractivity contribution is 8.00. The molecule has 0 bridgehead atoms. The average Bonchev–Trinajstić information content (AvgIpc) is 3.09. The summed E-state index contributed by atoms with van der Waals surface area (Å²) in [4.78, 5) is 26.9. The first-order valence-electron chi connectivity index (χ1n) is 15.5. The molecule has 0 saturated carbocycles. The summed E-state index contributed by atoms with van der Waals surface area (Å²) in [6.45, 7) is 0. The number of nitrogens with zero attached hydrogens (tertiary/aromatic N) is 1. The molecule has 2 fully saturated rings. The molecule has 2 aliphatic heterocycles. The van der Waals surface area contributed by atoms with Crippen molar-refractivity contribution in [1.82, 2.24) is 0 Å². The lowest BCUT2D eigenvalue weighted by Crippen LogP contribution is -2.60. The number of hydrogen-bond donors (Lipinski definition) is 6. The molecule has 0 aromatic heterocycles. The first kappa shape index (κ1) is 34.4. The summed E-state index contributed by atoms with van der Waals surface area (Å²) in [5.74, 6) is -1.92. The van der Waals surface area contributed by atoms with Crippen molar-refractivity contribution in [2.45, 2.75) is 54.5 Å². The fourth-order valence-corrected chi connectivity index (χ4v) is 7.39. The second kappa shape index (κ2) is 14.5. The number of rotatable bonds is 11. The number of aromatic hydroxyl groups is 2. The molecule has 0 spiro atoms. The summed E-state index contributed by atoms with van der Waals surface area (Å²) in [7, 11) is 0. The van der Waals surface area contributed by atoms with Crippen LogP contribution in [0.3, 0.4) is 0 Å². The molecule has 2 aliphatic rings. The van der Waals surface area contributed by atoms with E-state index < -0.39 is 59.9 Å². The Hall–Kier alpha value is -4.50. The number of hydrogen-bond acceptors (Lipinski definition) is 10. The number of halogens is 1. The molecule has 13 heteroatoms. The lowest BCUT2D eigenvalue weighted by Gasteiger charge is -2.47. The number of phenols is 2. The van der Waals surface area contributed by atoms with Gasteiger partial charge in [0.05, 0.1) is 12.1 Å². The number of carbonyl (C=O) groups excluding carboxylic acids is 1. The normalized spacial score (nSPS) is 25.8. The van der Waals surface area contributed by atoms with E-state index in [-0.39, 0.29) is 29.6 Å². The van der Waals surface area contributed by atoms with Crippen molar-refractivity contribution in [3.63, 3.8) is 0 Å². The Kier molecular flexibility index (Phi) is 10.2. The Balaban J connectivity index is 1.23. The minimum absolute atomic E-state index is 0.0328. The van der Waals surface area contributed by atoms with E-state index in [0.717, 1.165) is 0 Å². The maximum absolute atomic E-state index is 13.8. The van der Waals surface area contributed by atoms with Gasteiger partial charge in [0, 0.05) is 11.3 Å². The molecule has 6 N–H and O–H groups in total. The number of thioether (sulfide) groups is 1. The number of para-hydroxylation sites is 1. The first-order valence-corrected chi connectivity index (χ1v) is 16.5. The number of aliphatic hydroxyl groups excluding tert-OH is 3. The van der Waals surface area contributed by atoms with Gasteiger partial charge in [-0.2, -0.15) is 0 Å². The summed E-state index contributed by atoms with van der Waals surface area (Å²) in [5, 5.41) is 60.9. The van der Waals surface area contributed by atoms with E-state index in [1.54, 1.807) is 59.5 Å². The topological polar surface area (TPSA) is 177 Å². The minimum atomic E-state index is -1.90. The molecule has 8 atom stereocenters. The molecule has 11 nitrogen and oxygen atoms in total. The molecular weight excluding hydrogens is 657 g/mol. The van der Waals surface area contributed by atoms with Crippen molar-refractivity contribution in [1.29, 1.82) is 0 Å². The smallest absolute Gasteiger partial charge is 0.335 e. The van der Waals surface area contributed by atoms with Gasteiger partial charge >= 0.3 is 5.97 Å². The third-order valence-corrected chi connectivity index (χ3v) is 9.93. The number of phenolic OH excluding ortho intramolecular Hbond substituents is 2. The maximum atomic E-state index is 13.8. The van der Waals surface area contributed by atoms with E-state index in [1.165, 1.54) is 36.0 Å². The Bertz CT molecular complexity index is 1790. The van der Waals surface area contributed by atoms with Crippen LogP contribution in [0.4, 0.5) is 10.1 Å². The third-order valence-electron chi connectivity index (χ3n) is 8.64. The molecule has 256 valence electrons. The van der Waals surface area contributed by atoms with Gasteiger partial charge < -0.3 is 45.0 Å². The number of amides is 1. The Morgan fingerprint density at radius 2 is 1.59 bits per heavy atom. The minimum Gasteiger partial charge on any atom is -0.508 e. The van der Waals surface area contributed by atoms with E-state index in [9.17, 15) is 44.6 Å². The lowest BCUT2D eigenvalue weighted by molar-refractivity contribution is -0.305. The number of β-lactam (4-membered cyclic amide) rings is 1. The molecule has 6 rings (SSSR count). The quantitative estimate of drug-likeness (QED) is 0.125. The summed E-state index contributed by atoms with van der Waals surface area (Å²) in [6, 6.07) is 25.6. The van der Waals surface area contributed by atoms with Gasteiger partial charge in [-0.1, -0.05) is 54.6 Å². The van der Waals surface area contributed by atoms with Crippen molar-refractivity contribution in [3.8, 4) is 22.6 Å². The molecule has 4 aromatic rings. The zero-order valence-electron chi connectivity index (χ0n) is 25.8. The van der Waals surface area contributed by atoms with E-state index in [4.69, 9.17) is 9.47 Å². The first-order chi connectivity index (χ1) is 23.5. The fourth-order valence-electron chi connectivity index (χ4n) is 6.08. The maximum Gasteiger partial charge on any atom is 0.335 e. The van der Waals surface area contributed by atoms with Crippen molar-refractivity contribution in [3.05, 3.63) is 114 Å². The summed E-state index contributed by atoms with van der Waals surface area (Å²) in [5.41, 5.74) is 3.01. The van der Waals surface area contributed by atoms with Crippen LogP contribution in [0, 0.1) is 5.82 Å². The van der Waals surface area contributed by atoms with Crippen LogP contribution in [0.25, 0.3) is 11.1 Å². The van der Waals surface area contributed by atoms with E-state index in [1.807, 2.05) is 18.2 Å². The molecule has 49 heavy (non-hydrogen) atoms. The SMILES string of the molecule is O=C(O)C1OC(O[C@@H](CCS[C@H]2C(=O)N(c3ccccc3)[C@@H]2c2ccc(-c3cccc(O)c3)cc2O)c2ccc(F)cc2)C(O)C(O)C1O. The second-order valence-corrected chi connectivity index (χ2v) is 13.1. The van der Waals surface area contributed by atoms with Gasteiger partial charge in [0.1, 0.15) is 40.9 Å². The summed E-state index contributed by atoms with van der Waals surface area (Å²) < 4.78 is 25.1. The van der Waals surface area contributed by atoms with Gasteiger partial charge in [0.15, 0.2) is 12.4 Å². The number of carbonyl (C=O) groups is 2. The highest BCUT2D eigenvalue weighted by Gasteiger charge is 2.51. The van der Waals surface area contributed by atoms with Gasteiger partial charge in [-0.25, -0.2) is 9.18 Å². The Morgan fingerprint density at radius 1 is 0.878 bits per heavy atom. The molecule has 2 heterocycles. The van der Waals surface area contributed by atoms with Gasteiger partial charge in [0.2, 0.25) is 5.91 Å². The van der Waals surface area contributed by atoms with E-state index in [0.29, 0.717) is 27.9 Å². The fraction of sp³-hybridized carbons (Fsp3) is 0.278. The van der Waals surface area contributed by atoms with Crippen molar-refractivity contribution < 1.29 is 54.1 Å². The number of aliphatic hydroxyl groups is 3. The number of anilines is 1. The number of benzene rings is 4. The predicted octanol–water partition coefficient (Wildman–Crippen LogP) is 4.13. The number of ether oxygens (including phenoxy) is 2. The molecule has 5 unspecified atom stereocenters. The number of aliphatic carboxylic acids is 1. The van der Waals surface area contributed by atoms with Crippen LogP contribution in [0.5, 0.6) is 11.5 Å². The van der Waals surface area contributed by atoms with Crippen LogP contribution in [0.15, 0.2) is 97.1 Å². The number of carboxylic acids is 1. The predicted molar refractivity (Wildman–Crippen MR) is 177 cm³/mol. The average molecular weight is 692 g/mol. The van der Waals surface area contributed by atoms with Gasteiger partial charge in [0.25, 0.3) is 0 Å². The van der Waals surface area contributed by atoms with E-state index in [2.05, 4.69) is 0 Å². The lowest BCUT2D eigenvalue weighted by atomic mass is 9.90. The van der Waals surface area contributed by atoms with Crippen LogP contribution in [0.2, 0.25) is 0 Å². The Labute approximate surface area is 284 Å². The molecule has 4 aromatic carbocycles. The molecule has 1 amide bonds. The second-order valence-electron chi connectivity index (χ2n) is 11.8. The van der Waals surface area contributed by atoms with Crippen LogP contribution in [0.1, 0.15) is 29.7 Å². The largest absolute Gasteiger partial charge is 0.508 e. The summed E-state index contributed by atoms with van der Waals surface area (Å²) >= 11 is 1.30. The Morgan fingerprint density at radius 3 is 2.27 bits per heavy atom. The van der Waals surface area contributed by atoms with Crippen molar-refractivity contribution in [2.24, 2.45) is 0 Å². The van der Waals surface area contributed by atoms with Gasteiger partial charge in [-0.15, -0.1) is 11.8 Å². The van der Waals surface area contributed by atoms with Crippen molar-refractivity contribution >= 4 is 29.3 Å². The van der Waals surface area contributed by atoms with Gasteiger partial charge in [-0.05, 0) is 71.3 Å². The van der Waals surface area contributed by atoms with Crippen LogP contribution >= 0.6 is 11.8 Å². The van der Waals surface area contributed by atoms with Crippen LogP contribution < -0.4 is 4.90 Å². The zero-order chi connectivity index (χ0) is 34.8. The highest BCUT2D eigenvalue weighted by Crippen LogP contribution is 2.48. The monoisotopic (exact) mass is 691 g/mol. The number of carboxylic acid groups (broad SMARTS) is 1. The molecule has 2 saturated heterocycles. The molecular formula is C36H34FNO10S. The van der Waals surface area contributed by atoms with Crippen molar-refractivity contribution in [2.75, 3.05) is 10.7 Å². The summed E-state index contributed by atoms with van der Waals surface area (Å²) in [6.07, 6.45) is -9.78. The third kappa shape index (κ3) is 7.13. The standard InChI is InChI=1S/C36H34FNO10S/c37-22-12-9-19(10-13-22)27(47-36-31(43)29(41)30(42)32(48-36)35(45)46)15-16-49-33-28(38(34(33)44)23-6-2-1-3-7-23)25-14-11-21(18-26(25)40)20-5-4-8-24(39)17-20/h1-14,17-18,27-33,36,39-43H,15-16H2,(H,45,46)/t27-,28+,29?,30?,31?,32?,33+,36?/m0/s1. The van der Waals surface area contributed by atoms with Gasteiger partial charge in [-0.3, -0.25) is 4.79 Å². The van der Waals surface area contributed by atoms with Crippen LogP contribution in [-0.4, -0.2) is 84.2 Å². The molecule has 0 aliphatic carbocycles. The highest BCUT2D eigenvalue weighted by atomic mass is 32.2. The zero-order valence-corrected chi connectivity index (χ0v) is 26.6. The van der Waals surface area contributed by atoms with Crippen LogP contribution in [-0.2, 0) is 19.1 Å². The van der Waals surface area contributed by atoms with E-state index >= 15 is 0 Å².